The fraction of sp³-hybridized carbons (Fsp3) is 0.250. The van der Waals surface area contributed by atoms with Crippen LogP contribution < -0.4 is 10.6 Å². The number of hydrogen-bond acceptors (Lipinski definition) is 0. The van der Waals surface area contributed by atoms with Gasteiger partial charge in [-0.05, 0) is 0 Å². The van der Waals surface area contributed by atoms with Crippen LogP contribution in [0.5, 0.6) is 0 Å². The van der Waals surface area contributed by atoms with Crippen molar-refractivity contribution in [3.05, 3.63) is 60.7 Å². The van der Waals surface area contributed by atoms with Crippen LogP contribution in [0.2, 0.25) is 16.6 Å². The minimum atomic E-state index is -0.519. The summed E-state index contributed by atoms with van der Waals surface area (Å²) in [6.07, 6.45) is 1.36. The number of benzene rings is 2. The molecule has 94 valence electrons. The van der Waals surface area contributed by atoms with Crippen molar-refractivity contribution in [3.63, 3.8) is 0 Å². The Balaban J connectivity index is 2.24. The predicted octanol–water partition coefficient (Wildman–Crippen LogP) is 3.87. The van der Waals surface area contributed by atoms with E-state index in [1.165, 1.54) is 22.0 Å². The summed E-state index contributed by atoms with van der Waals surface area (Å²) in [7, 11) is -0.147. The van der Waals surface area contributed by atoms with Gasteiger partial charge in [0.2, 0.25) is 0 Å². The Morgan fingerprint density at radius 3 is 1.61 bits per heavy atom. The van der Waals surface area contributed by atoms with Gasteiger partial charge in [0, 0.05) is 0 Å². The summed E-state index contributed by atoms with van der Waals surface area (Å²) in [4.78, 5) is 0. The zero-order valence-corrected chi connectivity index (χ0v) is 13.9. The molecule has 2 rings (SSSR count). The molecule has 0 spiro atoms. The summed E-state index contributed by atoms with van der Waals surface area (Å²) in [5, 5.41) is 4.49. The van der Waals surface area contributed by atoms with Crippen molar-refractivity contribution in [2.45, 2.75) is 16.6 Å². The molecule has 2 heteroatoms. The number of rotatable bonds is 5. The average Bonchev–Trinajstić information content (AvgIpc) is 2.41. The van der Waals surface area contributed by atoms with Crippen LogP contribution in [-0.4, -0.2) is 20.8 Å². The van der Waals surface area contributed by atoms with Gasteiger partial charge in [0.25, 0.3) is 0 Å². The Labute approximate surface area is 116 Å². The molecule has 0 amide bonds. The van der Waals surface area contributed by atoms with E-state index >= 15 is 0 Å². The second-order valence-corrected chi connectivity index (χ2v) is 12.4. The van der Waals surface area contributed by atoms with Crippen LogP contribution >= 0.6 is 7.92 Å². The Morgan fingerprint density at radius 1 is 0.778 bits per heavy atom. The van der Waals surface area contributed by atoms with Crippen molar-refractivity contribution in [3.8, 4) is 0 Å². The molecule has 0 radical (unpaired) electrons. The normalized spacial score (nSPS) is 11.1. The summed E-state index contributed by atoms with van der Waals surface area (Å²) in [5.74, 6) is 0. The molecule has 0 N–H and O–H groups in total. The van der Waals surface area contributed by atoms with Crippen molar-refractivity contribution < 1.29 is 0 Å². The first-order valence-electron chi connectivity index (χ1n) is 6.30. The van der Waals surface area contributed by atoms with E-state index in [-0.39, 0.29) is 7.92 Å². The molecule has 2 aromatic carbocycles. The number of hydrogen-bond donors (Lipinski definition) is 0. The summed E-state index contributed by atoms with van der Waals surface area (Å²) in [5.41, 5.74) is 4.91. The Bertz CT molecular complexity index is 414. The van der Waals surface area contributed by atoms with Crippen molar-refractivity contribution >= 4 is 33.2 Å². The standard InChI is InChI=1S/C16H20AsP/c1-17(2)13-14-18(15-9-5-3-6-10-15)16-11-7-4-8-12-16/h3-12H,13-14H2,1-2H3. The van der Waals surface area contributed by atoms with Gasteiger partial charge in [0.15, 0.2) is 0 Å². The molecule has 2 aromatic rings. The first-order chi connectivity index (χ1) is 8.77. The summed E-state index contributed by atoms with van der Waals surface area (Å²) < 4.78 is 0. The molecular formula is C16H20AsP. The van der Waals surface area contributed by atoms with Crippen LogP contribution in [0.25, 0.3) is 0 Å². The van der Waals surface area contributed by atoms with Gasteiger partial charge >= 0.3 is 117 Å². The van der Waals surface area contributed by atoms with E-state index in [4.69, 9.17) is 0 Å². The van der Waals surface area contributed by atoms with Gasteiger partial charge in [-0.1, -0.05) is 0 Å². The summed E-state index contributed by atoms with van der Waals surface area (Å²) >= 11 is -0.519. The van der Waals surface area contributed by atoms with Crippen LogP contribution in [0.4, 0.5) is 0 Å². The van der Waals surface area contributed by atoms with Crippen molar-refractivity contribution in [1.29, 1.82) is 0 Å². The van der Waals surface area contributed by atoms with Gasteiger partial charge < -0.3 is 0 Å². The molecular weight excluding hydrogens is 298 g/mol. The van der Waals surface area contributed by atoms with Gasteiger partial charge in [-0.25, -0.2) is 0 Å². The zero-order chi connectivity index (χ0) is 12.8. The molecule has 0 saturated heterocycles. The molecule has 0 aliphatic heterocycles. The van der Waals surface area contributed by atoms with E-state index < -0.39 is 14.7 Å². The summed E-state index contributed by atoms with van der Waals surface area (Å²) in [6.45, 7) is 0. The van der Waals surface area contributed by atoms with Crippen LogP contribution in [-0.2, 0) is 0 Å². The van der Waals surface area contributed by atoms with E-state index in [1.807, 2.05) is 0 Å². The molecule has 0 atom stereocenters. The predicted molar refractivity (Wildman–Crippen MR) is 86.2 cm³/mol. The maximum atomic E-state index is 2.45. The van der Waals surface area contributed by atoms with E-state index in [9.17, 15) is 0 Å². The molecule has 0 aliphatic carbocycles. The average molecular weight is 318 g/mol. The fourth-order valence-electron chi connectivity index (χ4n) is 1.92. The third-order valence-corrected chi connectivity index (χ3v) is 8.53. The van der Waals surface area contributed by atoms with Crippen LogP contribution in [0.3, 0.4) is 0 Å². The van der Waals surface area contributed by atoms with Crippen molar-refractivity contribution in [2.24, 2.45) is 0 Å². The Hall–Kier alpha value is -0.572. The van der Waals surface area contributed by atoms with Crippen LogP contribution in [0.1, 0.15) is 0 Å². The van der Waals surface area contributed by atoms with E-state index in [0.717, 1.165) is 0 Å². The van der Waals surface area contributed by atoms with Crippen molar-refractivity contribution in [2.75, 3.05) is 6.16 Å². The first-order valence-corrected chi connectivity index (χ1v) is 12.9. The molecule has 0 unspecified atom stereocenters. The second kappa shape index (κ2) is 7.12. The SMILES string of the molecule is C[As](C)CCP(c1ccccc1)c1ccccc1. The topological polar surface area (TPSA) is 0 Å². The molecule has 0 heterocycles. The fourth-order valence-corrected chi connectivity index (χ4v) is 8.18. The van der Waals surface area contributed by atoms with Gasteiger partial charge in [-0.3, -0.25) is 0 Å². The van der Waals surface area contributed by atoms with E-state index in [1.54, 1.807) is 0 Å². The second-order valence-electron chi connectivity index (χ2n) is 4.63. The Kier molecular flexibility index (Phi) is 5.48. The van der Waals surface area contributed by atoms with Gasteiger partial charge in [-0.2, -0.15) is 0 Å². The van der Waals surface area contributed by atoms with Crippen molar-refractivity contribution in [1.82, 2.24) is 0 Å². The van der Waals surface area contributed by atoms with Gasteiger partial charge in [0.05, 0.1) is 0 Å². The maximum absolute atomic E-state index is 2.45. The molecule has 0 bridgehead atoms. The molecule has 0 saturated carbocycles. The van der Waals surface area contributed by atoms with E-state index in [2.05, 4.69) is 72.1 Å². The molecule has 0 nitrogen and oxygen atoms in total. The molecule has 0 fully saturated rings. The van der Waals surface area contributed by atoms with Gasteiger partial charge in [-0.15, -0.1) is 0 Å². The summed E-state index contributed by atoms with van der Waals surface area (Å²) in [6, 6.07) is 22.1. The molecule has 0 aliphatic rings. The monoisotopic (exact) mass is 318 g/mol. The van der Waals surface area contributed by atoms with Gasteiger partial charge in [0.1, 0.15) is 0 Å². The quantitative estimate of drug-likeness (QED) is 0.580. The molecule has 0 aromatic heterocycles. The zero-order valence-electron chi connectivity index (χ0n) is 11.1. The molecule has 18 heavy (non-hydrogen) atoms. The Morgan fingerprint density at radius 2 is 1.22 bits per heavy atom. The minimum absolute atomic E-state index is 0.147. The van der Waals surface area contributed by atoms with E-state index in [0.29, 0.717) is 0 Å². The third kappa shape index (κ3) is 3.97. The van der Waals surface area contributed by atoms with Crippen LogP contribution in [0.15, 0.2) is 60.7 Å². The first kappa shape index (κ1) is 13.9. The third-order valence-electron chi connectivity index (χ3n) is 2.91. The van der Waals surface area contributed by atoms with Crippen LogP contribution in [0, 0.1) is 0 Å².